The number of benzene rings is 1. The summed E-state index contributed by atoms with van der Waals surface area (Å²) < 4.78 is 27.8. The normalized spacial score (nSPS) is 11.3. The number of carbonyl (C=O) groups is 1. The summed E-state index contributed by atoms with van der Waals surface area (Å²) in [5, 5.41) is 10.7. The molecule has 0 spiro atoms. The monoisotopic (exact) mass is 323 g/mol. The zero-order valence-corrected chi connectivity index (χ0v) is 13.0. The van der Waals surface area contributed by atoms with Gasteiger partial charge >= 0.3 is 0 Å². The van der Waals surface area contributed by atoms with Crippen LogP contribution in [-0.2, 0) is 14.8 Å². The Morgan fingerprint density at radius 3 is 2.82 bits per heavy atom. The van der Waals surface area contributed by atoms with Crippen LogP contribution < -0.4 is 4.72 Å². The fraction of sp³-hybridized carbons (Fsp3) is 0.385. The number of aromatic nitrogens is 4. The number of nitrogens with one attached hydrogen (secondary N) is 1. The van der Waals surface area contributed by atoms with Gasteiger partial charge in [-0.3, -0.25) is 4.79 Å². The zero-order chi connectivity index (χ0) is 16.0. The van der Waals surface area contributed by atoms with Crippen LogP contribution in [0, 0.1) is 0 Å². The average Bonchev–Trinajstić information content (AvgIpc) is 3.01. The van der Waals surface area contributed by atoms with Crippen molar-refractivity contribution >= 4 is 15.9 Å². The van der Waals surface area contributed by atoms with E-state index in [-0.39, 0.29) is 11.3 Å². The van der Waals surface area contributed by atoms with Gasteiger partial charge < -0.3 is 0 Å². The van der Waals surface area contributed by atoms with Crippen molar-refractivity contribution in [1.82, 2.24) is 24.9 Å². The van der Waals surface area contributed by atoms with Crippen molar-refractivity contribution in [2.24, 2.45) is 0 Å². The first-order valence-corrected chi connectivity index (χ1v) is 8.40. The standard InChI is InChI=1S/C13H17N5O3S/c1-2-3-4-8-13(19)15-22(20,21)12-7-5-6-11(9-12)18-10-14-16-17-18/h5-7,9-10H,2-4,8H2,1H3,(H,15,19). The highest BCUT2D eigenvalue weighted by Gasteiger charge is 2.18. The Morgan fingerprint density at radius 2 is 2.14 bits per heavy atom. The number of nitrogens with zero attached hydrogens (tertiary/aromatic N) is 4. The number of hydrogen-bond donors (Lipinski definition) is 1. The summed E-state index contributed by atoms with van der Waals surface area (Å²) in [7, 11) is -3.89. The molecular weight excluding hydrogens is 306 g/mol. The second kappa shape index (κ2) is 7.12. The maximum Gasteiger partial charge on any atom is 0.264 e. The first-order valence-electron chi connectivity index (χ1n) is 6.92. The highest BCUT2D eigenvalue weighted by atomic mass is 32.2. The molecular formula is C13H17N5O3S. The second-order valence-corrected chi connectivity index (χ2v) is 6.42. The predicted octanol–water partition coefficient (Wildman–Crippen LogP) is 1.05. The maximum absolute atomic E-state index is 12.2. The van der Waals surface area contributed by atoms with Gasteiger partial charge in [0.25, 0.3) is 10.0 Å². The molecule has 0 fully saturated rings. The number of sulfonamides is 1. The Balaban J connectivity index is 2.12. The number of amides is 1. The zero-order valence-electron chi connectivity index (χ0n) is 12.1. The lowest BCUT2D eigenvalue weighted by atomic mass is 10.2. The number of hydrogen-bond acceptors (Lipinski definition) is 6. The van der Waals surface area contributed by atoms with E-state index in [4.69, 9.17) is 0 Å². The van der Waals surface area contributed by atoms with Crippen LogP contribution in [0.1, 0.15) is 32.6 Å². The van der Waals surface area contributed by atoms with Gasteiger partial charge in [-0.1, -0.05) is 25.8 Å². The van der Waals surface area contributed by atoms with Crippen molar-refractivity contribution < 1.29 is 13.2 Å². The van der Waals surface area contributed by atoms with Crippen molar-refractivity contribution in [3.05, 3.63) is 30.6 Å². The van der Waals surface area contributed by atoms with Gasteiger partial charge in [0, 0.05) is 6.42 Å². The van der Waals surface area contributed by atoms with Crippen LogP contribution in [0.4, 0.5) is 0 Å². The van der Waals surface area contributed by atoms with Gasteiger partial charge in [-0.25, -0.2) is 17.8 Å². The van der Waals surface area contributed by atoms with Gasteiger partial charge in [0.1, 0.15) is 6.33 Å². The smallest absolute Gasteiger partial charge is 0.264 e. The fourth-order valence-corrected chi connectivity index (χ4v) is 2.92. The number of unbranched alkanes of at least 4 members (excludes halogenated alkanes) is 2. The van der Waals surface area contributed by atoms with Gasteiger partial charge in [0.15, 0.2) is 0 Å². The molecule has 22 heavy (non-hydrogen) atoms. The third-order valence-electron chi connectivity index (χ3n) is 3.00. The average molecular weight is 323 g/mol. The molecule has 0 aliphatic rings. The SMILES string of the molecule is CCCCCC(=O)NS(=O)(=O)c1cccc(-n2cnnn2)c1. The third-order valence-corrected chi connectivity index (χ3v) is 4.37. The Hall–Kier alpha value is -2.29. The van der Waals surface area contributed by atoms with Crippen LogP contribution in [0.3, 0.4) is 0 Å². The molecule has 0 atom stereocenters. The quantitative estimate of drug-likeness (QED) is 0.763. The molecule has 118 valence electrons. The fourth-order valence-electron chi connectivity index (χ4n) is 1.87. The lowest BCUT2D eigenvalue weighted by Gasteiger charge is -2.08. The van der Waals surface area contributed by atoms with E-state index in [1.54, 1.807) is 12.1 Å². The van der Waals surface area contributed by atoms with Crippen LogP contribution in [0.2, 0.25) is 0 Å². The minimum absolute atomic E-state index is 0.00987. The Kier molecular flexibility index (Phi) is 5.21. The Labute approximate surface area is 128 Å². The molecule has 1 N–H and O–H groups in total. The molecule has 1 amide bonds. The van der Waals surface area contributed by atoms with Crippen LogP contribution in [0.15, 0.2) is 35.5 Å². The molecule has 0 saturated carbocycles. The third kappa shape index (κ3) is 4.10. The summed E-state index contributed by atoms with van der Waals surface area (Å²) in [6.45, 7) is 2.01. The lowest BCUT2D eigenvalue weighted by molar-refractivity contribution is -0.119. The first kappa shape index (κ1) is 16.1. The molecule has 1 heterocycles. The molecule has 1 aromatic carbocycles. The number of tetrazole rings is 1. The molecule has 0 aliphatic carbocycles. The van der Waals surface area contributed by atoms with Crippen molar-refractivity contribution in [2.45, 2.75) is 37.5 Å². The van der Waals surface area contributed by atoms with E-state index in [2.05, 4.69) is 20.2 Å². The molecule has 0 bridgehead atoms. The maximum atomic E-state index is 12.2. The van der Waals surface area contributed by atoms with Gasteiger partial charge in [0.05, 0.1) is 10.6 Å². The van der Waals surface area contributed by atoms with Gasteiger partial charge in [-0.15, -0.1) is 5.10 Å². The van der Waals surface area contributed by atoms with E-state index < -0.39 is 15.9 Å². The van der Waals surface area contributed by atoms with E-state index in [0.29, 0.717) is 12.1 Å². The molecule has 0 saturated heterocycles. The first-order chi connectivity index (χ1) is 10.5. The van der Waals surface area contributed by atoms with Gasteiger partial charge in [-0.2, -0.15) is 0 Å². The van der Waals surface area contributed by atoms with Gasteiger partial charge in [0.2, 0.25) is 5.91 Å². The van der Waals surface area contributed by atoms with Crippen molar-refractivity contribution in [1.29, 1.82) is 0 Å². The van der Waals surface area contributed by atoms with Crippen LogP contribution in [0.25, 0.3) is 5.69 Å². The predicted molar refractivity (Wildman–Crippen MR) is 78.6 cm³/mol. The minimum Gasteiger partial charge on any atom is -0.274 e. The van der Waals surface area contributed by atoms with E-state index in [1.165, 1.54) is 23.1 Å². The summed E-state index contributed by atoms with van der Waals surface area (Å²) >= 11 is 0. The Morgan fingerprint density at radius 1 is 1.32 bits per heavy atom. The second-order valence-electron chi connectivity index (χ2n) is 4.74. The molecule has 0 unspecified atom stereocenters. The van der Waals surface area contributed by atoms with Crippen LogP contribution in [0.5, 0.6) is 0 Å². The summed E-state index contributed by atoms with van der Waals surface area (Å²) in [5.41, 5.74) is 0.492. The van der Waals surface area contributed by atoms with E-state index in [1.807, 2.05) is 6.92 Å². The van der Waals surface area contributed by atoms with E-state index in [9.17, 15) is 13.2 Å². The Bertz CT molecular complexity index is 728. The topological polar surface area (TPSA) is 107 Å². The number of rotatable bonds is 7. The lowest BCUT2D eigenvalue weighted by Crippen LogP contribution is -2.30. The van der Waals surface area contributed by atoms with Gasteiger partial charge in [-0.05, 0) is 35.0 Å². The summed E-state index contributed by atoms with van der Waals surface area (Å²) in [6, 6.07) is 6.04. The number of carbonyl (C=O) groups excluding carboxylic acids is 1. The van der Waals surface area contributed by atoms with E-state index in [0.717, 1.165) is 12.8 Å². The summed E-state index contributed by atoms with van der Waals surface area (Å²) in [4.78, 5) is 11.7. The molecule has 9 heteroatoms. The summed E-state index contributed by atoms with van der Waals surface area (Å²) in [5.74, 6) is -0.499. The molecule has 2 aromatic rings. The highest BCUT2D eigenvalue weighted by Crippen LogP contribution is 2.14. The highest BCUT2D eigenvalue weighted by molar-refractivity contribution is 7.90. The molecule has 8 nitrogen and oxygen atoms in total. The largest absolute Gasteiger partial charge is 0.274 e. The van der Waals surface area contributed by atoms with Crippen LogP contribution >= 0.6 is 0 Å². The van der Waals surface area contributed by atoms with Crippen molar-refractivity contribution in [3.63, 3.8) is 0 Å². The van der Waals surface area contributed by atoms with Crippen LogP contribution in [-0.4, -0.2) is 34.5 Å². The molecule has 2 rings (SSSR count). The van der Waals surface area contributed by atoms with E-state index >= 15 is 0 Å². The van der Waals surface area contributed by atoms with Crippen molar-refractivity contribution in [2.75, 3.05) is 0 Å². The summed E-state index contributed by atoms with van der Waals surface area (Å²) in [6.07, 6.45) is 4.08. The molecule has 0 aliphatic heterocycles. The molecule has 1 aromatic heterocycles. The molecule has 0 radical (unpaired) electrons. The minimum atomic E-state index is -3.89. The van der Waals surface area contributed by atoms with Crippen molar-refractivity contribution in [3.8, 4) is 5.69 Å².